The number of pyridine rings is 1. The summed E-state index contributed by atoms with van der Waals surface area (Å²) in [5, 5.41) is 0. The first-order valence-corrected chi connectivity index (χ1v) is 14.5. The smallest absolute Gasteiger partial charge is 0.310 e. The van der Waals surface area contributed by atoms with Gasteiger partial charge in [-0.25, -0.2) is 23.7 Å². The van der Waals surface area contributed by atoms with Gasteiger partial charge in [-0.15, -0.1) is 0 Å². The number of amides is 1. The number of benzene rings is 1. The van der Waals surface area contributed by atoms with Gasteiger partial charge in [-0.05, 0) is 55.9 Å². The van der Waals surface area contributed by atoms with Crippen LogP contribution in [0.25, 0.3) is 0 Å². The average Bonchev–Trinajstić information content (AvgIpc) is 3.27. The Kier molecular flexibility index (Phi) is 6.89. The second-order valence-electron chi connectivity index (χ2n) is 13.4. The van der Waals surface area contributed by atoms with Crippen molar-refractivity contribution in [2.75, 3.05) is 43.1 Å². The van der Waals surface area contributed by atoms with Crippen LogP contribution in [0.1, 0.15) is 62.3 Å². The molecule has 1 aliphatic carbocycles. The molecule has 0 bridgehead atoms. The van der Waals surface area contributed by atoms with Gasteiger partial charge in [0, 0.05) is 49.5 Å². The predicted octanol–water partition coefficient (Wildman–Crippen LogP) is 4.82. The fraction of sp³-hybridized carbons (Fsp3) is 0.469. The highest BCUT2D eigenvalue weighted by Gasteiger charge is 2.57. The van der Waals surface area contributed by atoms with E-state index in [2.05, 4.69) is 23.7 Å². The maximum atomic E-state index is 14.2. The van der Waals surface area contributed by atoms with Crippen LogP contribution in [0.4, 0.5) is 26.1 Å². The molecule has 2 aromatic heterocycles. The molecule has 1 saturated heterocycles. The van der Waals surface area contributed by atoms with Crippen molar-refractivity contribution in [3.63, 3.8) is 0 Å². The topological polar surface area (TPSA) is 91.8 Å². The molecule has 3 aromatic rings. The quantitative estimate of drug-likeness (QED) is 0.391. The Bertz CT molecular complexity index is 1580. The largest absolute Gasteiger partial charge is 0.469 e. The highest BCUT2D eigenvalue weighted by Crippen LogP contribution is 2.60. The summed E-state index contributed by atoms with van der Waals surface area (Å²) in [7, 11) is 1.36. The summed E-state index contributed by atoms with van der Waals surface area (Å²) in [4.78, 5) is 45.6. The summed E-state index contributed by atoms with van der Waals surface area (Å²) in [6.45, 7) is 10.6. The molecule has 0 atom stereocenters. The lowest BCUT2D eigenvalue weighted by Crippen LogP contribution is -2.61. The highest BCUT2D eigenvalue weighted by atomic mass is 19.2. The third kappa shape index (κ3) is 5.19. The maximum absolute atomic E-state index is 14.2. The summed E-state index contributed by atoms with van der Waals surface area (Å²) < 4.78 is 32.6. The van der Waals surface area contributed by atoms with Gasteiger partial charge in [0.15, 0.2) is 17.5 Å². The molecule has 43 heavy (non-hydrogen) atoms. The number of hydrogen-bond donors (Lipinski definition) is 0. The first-order chi connectivity index (χ1) is 20.3. The third-order valence-corrected chi connectivity index (χ3v) is 8.90. The molecule has 6 rings (SSSR count). The number of nitrogens with zero attached hydrogens (tertiary/aromatic N) is 6. The summed E-state index contributed by atoms with van der Waals surface area (Å²) in [6, 6.07) is 7.61. The molecule has 1 spiro atoms. The van der Waals surface area contributed by atoms with Gasteiger partial charge in [-0.1, -0.05) is 19.9 Å². The normalized spacial score (nSPS) is 19.7. The number of piperazine rings is 1. The van der Waals surface area contributed by atoms with Gasteiger partial charge in [0.05, 0.1) is 31.0 Å². The number of aromatic nitrogens is 3. The molecule has 9 nitrogen and oxygen atoms in total. The number of fused-ring (bicyclic) bond motifs is 2. The summed E-state index contributed by atoms with van der Waals surface area (Å²) in [5.41, 5.74) is 1.57. The fourth-order valence-corrected chi connectivity index (χ4v) is 7.23. The number of halogens is 2. The van der Waals surface area contributed by atoms with E-state index in [1.807, 2.05) is 35.8 Å². The molecule has 0 unspecified atom stereocenters. The number of methoxy groups -OCH3 is 1. The van der Waals surface area contributed by atoms with Crippen LogP contribution in [0, 0.1) is 17.0 Å². The van der Waals surface area contributed by atoms with Gasteiger partial charge in [-0.3, -0.25) is 9.59 Å². The predicted molar refractivity (Wildman–Crippen MR) is 157 cm³/mol. The van der Waals surface area contributed by atoms with Crippen LogP contribution in [0.5, 0.6) is 0 Å². The fourth-order valence-electron chi connectivity index (χ4n) is 7.23. The standard InChI is InChI=1S/C32H36F2N6O3/c1-30(2)16-32(17-30)19-39(21-7-8-22(33)23(34)13-21)28-27(32)37-24(15-36-28)29(42)40-11-10-38(18-31(40,3)4)25-9-6-20(14-35-25)12-26(41)43-5/h6-9,13-15H,10-12,16-19H2,1-5H3. The molecule has 0 N–H and O–H groups in total. The first kappa shape index (κ1) is 28.9. The zero-order valence-corrected chi connectivity index (χ0v) is 25.2. The van der Waals surface area contributed by atoms with E-state index in [0.717, 1.165) is 36.0 Å². The Labute approximate surface area is 249 Å². The second kappa shape index (κ2) is 10.2. The second-order valence-corrected chi connectivity index (χ2v) is 13.4. The minimum atomic E-state index is -0.914. The minimum Gasteiger partial charge on any atom is -0.469 e. The van der Waals surface area contributed by atoms with E-state index in [9.17, 15) is 18.4 Å². The van der Waals surface area contributed by atoms with E-state index in [1.165, 1.54) is 19.4 Å². The van der Waals surface area contributed by atoms with Crippen LogP contribution in [0.3, 0.4) is 0 Å². The van der Waals surface area contributed by atoms with Crippen molar-refractivity contribution < 1.29 is 23.1 Å². The lowest BCUT2D eigenvalue weighted by Gasteiger charge is -2.51. The molecule has 4 heterocycles. The van der Waals surface area contributed by atoms with E-state index in [4.69, 9.17) is 14.7 Å². The van der Waals surface area contributed by atoms with Gasteiger partial charge < -0.3 is 19.4 Å². The van der Waals surface area contributed by atoms with E-state index < -0.39 is 17.2 Å². The number of rotatable bonds is 5. The SMILES string of the molecule is COC(=O)Cc1ccc(N2CCN(C(=O)c3cnc4c(n3)C3(CN4c4ccc(F)c(F)c4)CC(C)(C)C3)C(C)(C)C2)nc1. The number of carbonyl (C=O) groups is 2. The van der Waals surface area contributed by atoms with Gasteiger partial charge in [-0.2, -0.15) is 0 Å². The average molecular weight is 591 g/mol. The Morgan fingerprint density at radius 1 is 0.953 bits per heavy atom. The number of anilines is 3. The van der Waals surface area contributed by atoms with Crippen LogP contribution in [-0.2, 0) is 21.4 Å². The zero-order chi connectivity index (χ0) is 30.7. The highest BCUT2D eigenvalue weighted by molar-refractivity contribution is 5.93. The maximum Gasteiger partial charge on any atom is 0.310 e. The van der Waals surface area contributed by atoms with Crippen LogP contribution < -0.4 is 9.80 Å². The Balaban J connectivity index is 1.24. The molecular weight excluding hydrogens is 554 g/mol. The molecule has 226 valence electrons. The Morgan fingerprint density at radius 2 is 1.72 bits per heavy atom. The minimum absolute atomic E-state index is 0.104. The number of ether oxygens (including phenoxy) is 1. The van der Waals surface area contributed by atoms with Gasteiger partial charge in [0.2, 0.25) is 0 Å². The van der Waals surface area contributed by atoms with E-state index >= 15 is 0 Å². The lowest BCUT2D eigenvalue weighted by molar-refractivity contribution is -0.139. The van der Waals surface area contributed by atoms with Crippen LogP contribution in [-0.4, -0.2) is 70.6 Å². The first-order valence-electron chi connectivity index (χ1n) is 14.5. The molecule has 1 aromatic carbocycles. The van der Waals surface area contributed by atoms with E-state index in [0.29, 0.717) is 37.7 Å². The van der Waals surface area contributed by atoms with E-state index in [-0.39, 0.29) is 34.8 Å². The molecule has 0 radical (unpaired) electrons. The van der Waals surface area contributed by atoms with Crippen molar-refractivity contribution in [3.05, 3.63) is 71.3 Å². The molecule has 2 aliphatic heterocycles. The number of hydrogen-bond acceptors (Lipinski definition) is 8. The summed E-state index contributed by atoms with van der Waals surface area (Å²) in [5.74, 6) is -0.962. The molecule has 2 fully saturated rings. The van der Waals surface area contributed by atoms with Gasteiger partial charge >= 0.3 is 5.97 Å². The lowest BCUT2D eigenvalue weighted by atomic mass is 9.54. The summed E-state index contributed by atoms with van der Waals surface area (Å²) in [6.07, 6.45) is 5.06. The number of esters is 1. The van der Waals surface area contributed by atoms with Crippen molar-refractivity contribution in [3.8, 4) is 0 Å². The van der Waals surface area contributed by atoms with E-state index in [1.54, 1.807) is 12.3 Å². The monoisotopic (exact) mass is 590 g/mol. The van der Waals surface area contributed by atoms with Crippen LogP contribution >= 0.6 is 0 Å². The van der Waals surface area contributed by atoms with Crippen molar-refractivity contribution in [1.82, 2.24) is 19.9 Å². The van der Waals surface area contributed by atoms with Gasteiger partial charge in [0.1, 0.15) is 11.5 Å². The van der Waals surface area contributed by atoms with Crippen LogP contribution in [0.15, 0.2) is 42.7 Å². The van der Waals surface area contributed by atoms with Crippen molar-refractivity contribution in [1.29, 1.82) is 0 Å². The molecule has 11 heteroatoms. The molecule has 1 amide bonds. The third-order valence-electron chi connectivity index (χ3n) is 8.90. The van der Waals surface area contributed by atoms with Crippen molar-refractivity contribution in [2.45, 2.75) is 57.9 Å². The number of carbonyl (C=O) groups excluding carboxylic acids is 2. The Hall–Kier alpha value is -4.15. The Morgan fingerprint density at radius 3 is 2.35 bits per heavy atom. The molecule has 3 aliphatic rings. The summed E-state index contributed by atoms with van der Waals surface area (Å²) >= 11 is 0. The van der Waals surface area contributed by atoms with Crippen LogP contribution in [0.2, 0.25) is 0 Å². The van der Waals surface area contributed by atoms with Crippen molar-refractivity contribution in [2.24, 2.45) is 5.41 Å². The van der Waals surface area contributed by atoms with Gasteiger partial charge in [0.25, 0.3) is 5.91 Å². The molecule has 1 saturated carbocycles. The zero-order valence-electron chi connectivity index (χ0n) is 25.2. The van der Waals surface area contributed by atoms with Crippen molar-refractivity contribution >= 4 is 29.2 Å². The molecular formula is C32H36F2N6O3.